The van der Waals surface area contributed by atoms with Crippen molar-refractivity contribution in [1.82, 2.24) is 0 Å². The van der Waals surface area contributed by atoms with E-state index in [0.717, 1.165) is 0 Å². The molecule has 2 nitrogen and oxygen atoms in total. The van der Waals surface area contributed by atoms with Crippen molar-refractivity contribution in [2.75, 3.05) is 0 Å². The van der Waals surface area contributed by atoms with Gasteiger partial charge in [0.05, 0.1) is 0 Å². The minimum atomic E-state index is 1.32. The van der Waals surface area contributed by atoms with Crippen molar-refractivity contribution in [2.24, 2.45) is 0 Å². The topological polar surface area (TPSA) is 40.5 Å². The first-order valence-electron chi connectivity index (χ1n) is 5.02. The van der Waals surface area contributed by atoms with Crippen molar-refractivity contribution in [1.29, 1.82) is 0 Å². The van der Waals surface area contributed by atoms with Gasteiger partial charge in [-0.1, -0.05) is 69.0 Å². The van der Waals surface area contributed by atoms with E-state index < -0.39 is 0 Å². The van der Waals surface area contributed by atoms with Gasteiger partial charge in [0, 0.05) is 0 Å². The summed E-state index contributed by atoms with van der Waals surface area (Å²) in [4.78, 5) is 0. The molecule has 0 amide bonds. The van der Waals surface area contributed by atoms with Gasteiger partial charge in [0.2, 0.25) is 0 Å². The van der Waals surface area contributed by atoms with Gasteiger partial charge in [-0.05, 0) is 6.92 Å². The molecule has 2 heteroatoms. The van der Waals surface area contributed by atoms with E-state index in [2.05, 4.69) is 32.9 Å². The lowest BCUT2D eigenvalue weighted by molar-refractivity contribution is -0.176. The summed E-state index contributed by atoms with van der Waals surface area (Å²) in [6.07, 6.45) is 4.08. The Labute approximate surface area is 87.2 Å². The molecule has 0 bridgehead atoms. The van der Waals surface area contributed by atoms with E-state index in [1.54, 1.807) is 0 Å². The van der Waals surface area contributed by atoms with Gasteiger partial charge < -0.3 is 0 Å². The average molecular weight is 198 g/mol. The molecule has 0 aliphatic rings. The largest absolute Gasteiger partial charge is 0.255 e. The highest BCUT2D eigenvalue weighted by atomic mass is 17.0. The lowest BCUT2D eigenvalue weighted by Crippen LogP contribution is -1.62. The highest BCUT2D eigenvalue weighted by molar-refractivity contribution is 5.11. The number of unbranched alkanes of at least 4 members (excludes halogenated alkanes) is 2. The fourth-order valence-electron chi connectivity index (χ4n) is 0.888. The normalized spacial score (nSPS) is 7.79. The van der Waals surface area contributed by atoms with E-state index in [9.17, 15) is 0 Å². The Kier molecular flexibility index (Phi) is 16.3. The molecule has 1 aromatic rings. The maximum atomic E-state index is 6.00. The summed E-state index contributed by atoms with van der Waals surface area (Å²) >= 11 is 0. The van der Waals surface area contributed by atoms with Crippen LogP contribution >= 0.6 is 0 Å². The maximum Gasteiger partial charge on any atom is -0.0398 e. The number of aryl methyl sites for hydroxylation is 1. The van der Waals surface area contributed by atoms with Crippen LogP contribution in [0, 0.1) is 6.92 Å². The molecule has 0 saturated carbocycles. The predicted octanol–water partition coefficient (Wildman–Crippen LogP) is 4.21. The molecule has 0 fully saturated rings. The number of hydrogen-bond donors (Lipinski definition) is 2. The van der Waals surface area contributed by atoms with Gasteiger partial charge in [-0.25, -0.2) is 0 Å². The summed E-state index contributed by atoms with van der Waals surface area (Å²) in [6, 6.07) is 10.3. The molecule has 2 N–H and O–H groups in total. The summed E-state index contributed by atoms with van der Waals surface area (Å²) in [7, 11) is 0. The molecular formula is C12H22O2. The van der Waals surface area contributed by atoms with Crippen LogP contribution in [0.3, 0.4) is 0 Å². The van der Waals surface area contributed by atoms with E-state index in [-0.39, 0.29) is 0 Å². The van der Waals surface area contributed by atoms with Gasteiger partial charge in [0.1, 0.15) is 0 Å². The van der Waals surface area contributed by atoms with E-state index in [1.807, 2.05) is 18.2 Å². The van der Waals surface area contributed by atoms with E-state index in [0.29, 0.717) is 0 Å². The summed E-state index contributed by atoms with van der Waals surface area (Å²) < 4.78 is 0. The van der Waals surface area contributed by atoms with Gasteiger partial charge in [-0.2, -0.15) is 0 Å². The standard InChI is InChI=1S/C7H8.C5H12.H2O2/c1-7-5-3-2-4-6-7;1-3-5-4-2;1-2/h2-6H,1H3;3-5H2,1-2H3;1-2H. The van der Waals surface area contributed by atoms with Gasteiger partial charge in [-0.15, -0.1) is 0 Å². The van der Waals surface area contributed by atoms with Crippen LogP contribution in [0.4, 0.5) is 0 Å². The second-order valence-corrected chi connectivity index (χ2v) is 3.01. The lowest BCUT2D eigenvalue weighted by atomic mass is 10.2. The zero-order chi connectivity index (χ0) is 11.2. The molecule has 0 spiro atoms. The molecule has 82 valence electrons. The van der Waals surface area contributed by atoms with Crippen LogP contribution in [0.1, 0.15) is 38.7 Å². The van der Waals surface area contributed by atoms with E-state index >= 15 is 0 Å². The molecular weight excluding hydrogens is 176 g/mol. The zero-order valence-corrected chi connectivity index (χ0v) is 9.40. The van der Waals surface area contributed by atoms with Crippen molar-refractivity contribution < 1.29 is 10.5 Å². The molecule has 1 aromatic carbocycles. The molecule has 0 unspecified atom stereocenters. The monoisotopic (exact) mass is 198 g/mol. The third kappa shape index (κ3) is 13.7. The molecule has 0 saturated heterocycles. The molecule has 0 radical (unpaired) electrons. The van der Waals surface area contributed by atoms with Gasteiger partial charge in [0.15, 0.2) is 0 Å². The van der Waals surface area contributed by atoms with Gasteiger partial charge in [-0.3, -0.25) is 10.5 Å². The molecule has 0 aliphatic carbocycles. The summed E-state index contributed by atoms with van der Waals surface area (Å²) in [6.45, 7) is 6.51. The van der Waals surface area contributed by atoms with Crippen LogP contribution in [0.2, 0.25) is 0 Å². The summed E-state index contributed by atoms with van der Waals surface area (Å²) in [5.74, 6) is 0. The second-order valence-electron chi connectivity index (χ2n) is 3.01. The summed E-state index contributed by atoms with van der Waals surface area (Å²) in [5.41, 5.74) is 1.32. The van der Waals surface area contributed by atoms with Crippen LogP contribution in [0.5, 0.6) is 0 Å². The number of benzene rings is 1. The SMILES string of the molecule is CCCCC.Cc1ccccc1.OO. The Morgan fingerprint density at radius 1 is 0.929 bits per heavy atom. The fraction of sp³-hybridized carbons (Fsp3) is 0.500. The highest BCUT2D eigenvalue weighted by Crippen LogP contribution is 1.92. The van der Waals surface area contributed by atoms with Crippen molar-refractivity contribution in [3.8, 4) is 0 Å². The Morgan fingerprint density at radius 2 is 1.36 bits per heavy atom. The van der Waals surface area contributed by atoms with Crippen molar-refractivity contribution in [3.05, 3.63) is 35.9 Å². The maximum absolute atomic E-state index is 6.00. The quantitative estimate of drug-likeness (QED) is 0.552. The number of rotatable bonds is 2. The van der Waals surface area contributed by atoms with E-state index in [4.69, 9.17) is 10.5 Å². The molecule has 0 aliphatic heterocycles. The minimum absolute atomic E-state index is 1.32. The Morgan fingerprint density at radius 3 is 1.50 bits per heavy atom. The molecule has 0 atom stereocenters. The molecule has 1 rings (SSSR count). The van der Waals surface area contributed by atoms with Crippen LogP contribution < -0.4 is 0 Å². The molecule has 14 heavy (non-hydrogen) atoms. The Hall–Kier alpha value is -0.860. The van der Waals surface area contributed by atoms with Gasteiger partial charge in [0.25, 0.3) is 0 Å². The fourth-order valence-corrected chi connectivity index (χ4v) is 0.888. The van der Waals surface area contributed by atoms with Crippen LogP contribution in [-0.2, 0) is 0 Å². The minimum Gasteiger partial charge on any atom is -0.255 e. The molecule has 0 aromatic heterocycles. The van der Waals surface area contributed by atoms with Crippen molar-refractivity contribution in [2.45, 2.75) is 40.0 Å². The summed E-state index contributed by atoms with van der Waals surface area (Å²) in [5, 5.41) is 12.0. The van der Waals surface area contributed by atoms with E-state index in [1.165, 1.54) is 24.8 Å². The van der Waals surface area contributed by atoms with Crippen molar-refractivity contribution >= 4 is 0 Å². The van der Waals surface area contributed by atoms with Gasteiger partial charge >= 0.3 is 0 Å². The Bertz CT molecular complexity index is 171. The average Bonchev–Trinajstić information content (AvgIpc) is 2.24. The first-order valence-corrected chi connectivity index (χ1v) is 5.02. The number of hydrogen-bond acceptors (Lipinski definition) is 2. The van der Waals surface area contributed by atoms with Crippen LogP contribution in [0.15, 0.2) is 30.3 Å². The van der Waals surface area contributed by atoms with Crippen molar-refractivity contribution in [3.63, 3.8) is 0 Å². The second kappa shape index (κ2) is 14.7. The van der Waals surface area contributed by atoms with Crippen LogP contribution in [0.25, 0.3) is 0 Å². The highest BCUT2D eigenvalue weighted by Gasteiger charge is 1.72. The predicted molar refractivity (Wildman–Crippen MR) is 61.6 cm³/mol. The smallest absolute Gasteiger partial charge is 0.0398 e. The molecule has 0 heterocycles. The third-order valence-electron chi connectivity index (χ3n) is 1.65. The van der Waals surface area contributed by atoms with Crippen LogP contribution in [-0.4, -0.2) is 10.5 Å². The zero-order valence-electron chi connectivity index (χ0n) is 9.40. The third-order valence-corrected chi connectivity index (χ3v) is 1.65. The lowest BCUT2D eigenvalue weighted by Gasteiger charge is -1.82. The Balaban J connectivity index is 0. The first-order chi connectivity index (χ1) is 6.81. The first kappa shape index (κ1) is 15.6.